The van der Waals surface area contributed by atoms with Gasteiger partial charge >= 0.3 is 0 Å². The first kappa shape index (κ1) is 15.0. The van der Waals surface area contributed by atoms with Crippen molar-refractivity contribution in [1.29, 1.82) is 0 Å². The molecule has 0 aliphatic rings. The summed E-state index contributed by atoms with van der Waals surface area (Å²) in [4.78, 5) is 11.8. The number of benzene rings is 1. The summed E-state index contributed by atoms with van der Waals surface area (Å²) in [6.07, 6.45) is -0.118. The fourth-order valence-corrected chi connectivity index (χ4v) is 1.85. The van der Waals surface area contributed by atoms with E-state index in [0.29, 0.717) is 23.6 Å². The molecule has 0 aliphatic heterocycles. The first-order valence-electron chi connectivity index (χ1n) is 5.76. The molecule has 0 radical (unpaired) electrons. The van der Waals surface area contributed by atoms with Gasteiger partial charge in [0.2, 0.25) is 0 Å². The molecule has 1 unspecified atom stereocenters. The van der Waals surface area contributed by atoms with E-state index in [-0.39, 0.29) is 12.5 Å². The molecule has 0 heterocycles. The van der Waals surface area contributed by atoms with Crippen LogP contribution in [0.4, 0.5) is 0 Å². The van der Waals surface area contributed by atoms with E-state index in [1.807, 2.05) is 13.0 Å². The number of rotatable bonds is 6. The fraction of sp³-hybridized carbons (Fsp3) is 0.462. The van der Waals surface area contributed by atoms with Crippen LogP contribution in [0.15, 0.2) is 18.2 Å². The van der Waals surface area contributed by atoms with Crippen molar-refractivity contribution in [1.82, 2.24) is 5.32 Å². The summed E-state index contributed by atoms with van der Waals surface area (Å²) in [5, 5.41) is 12.6. The summed E-state index contributed by atoms with van der Waals surface area (Å²) in [7, 11) is 1.52. The lowest BCUT2D eigenvalue weighted by atomic mass is 10.1. The summed E-state index contributed by atoms with van der Waals surface area (Å²) in [6, 6.07) is 5.27. The number of aryl methyl sites for hydroxylation is 1. The van der Waals surface area contributed by atoms with Gasteiger partial charge in [0.25, 0.3) is 5.91 Å². The van der Waals surface area contributed by atoms with Crippen LogP contribution in [-0.4, -0.2) is 37.4 Å². The third kappa shape index (κ3) is 4.64. The molecule has 1 atom stereocenters. The number of aliphatic hydroxyl groups excluding tert-OH is 1. The Bertz CT molecular complexity index is 409. The maximum atomic E-state index is 11.8. The molecule has 2 N–H and O–H groups in total. The van der Waals surface area contributed by atoms with Gasteiger partial charge in [-0.05, 0) is 31.0 Å². The van der Waals surface area contributed by atoms with Crippen LogP contribution in [-0.2, 0) is 4.74 Å². The van der Waals surface area contributed by atoms with Gasteiger partial charge in [-0.2, -0.15) is 0 Å². The Labute approximate surface area is 112 Å². The molecule has 0 saturated carbocycles. The number of carbonyl (C=O) groups excluding carboxylic acids is 1. The number of ether oxygens (including phenoxy) is 1. The van der Waals surface area contributed by atoms with Gasteiger partial charge in [-0.15, -0.1) is 0 Å². The lowest BCUT2D eigenvalue weighted by Gasteiger charge is -2.10. The monoisotopic (exact) mass is 271 g/mol. The maximum absolute atomic E-state index is 11.8. The van der Waals surface area contributed by atoms with Gasteiger partial charge < -0.3 is 15.2 Å². The van der Waals surface area contributed by atoms with Crippen molar-refractivity contribution in [2.75, 3.05) is 20.3 Å². The first-order valence-corrected chi connectivity index (χ1v) is 6.13. The predicted octanol–water partition coefficient (Wildman–Crippen LogP) is 1.78. The number of hydrogen-bond acceptors (Lipinski definition) is 3. The van der Waals surface area contributed by atoms with E-state index in [1.54, 1.807) is 12.1 Å². The Morgan fingerprint density at radius 1 is 1.56 bits per heavy atom. The summed E-state index contributed by atoms with van der Waals surface area (Å²) in [5.74, 6) is -0.232. The van der Waals surface area contributed by atoms with Gasteiger partial charge in [0, 0.05) is 13.7 Å². The fourth-order valence-electron chi connectivity index (χ4n) is 1.53. The van der Waals surface area contributed by atoms with Crippen LogP contribution in [0.1, 0.15) is 22.3 Å². The van der Waals surface area contributed by atoms with E-state index in [4.69, 9.17) is 16.3 Å². The average Bonchev–Trinajstić information content (AvgIpc) is 2.29. The summed E-state index contributed by atoms with van der Waals surface area (Å²) in [6.45, 7) is 2.56. The minimum Gasteiger partial charge on any atom is -0.391 e. The van der Waals surface area contributed by atoms with E-state index in [9.17, 15) is 9.90 Å². The second kappa shape index (κ2) is 7.36. The van der Waals surface area contributed by atoms with E-state index in [2.05, 4.69) is 5.32 Å². The highest BCUT2D eigenvalue weighted by Gasteiger charge is 2.10. The molecule has 100 valence electrons. The average molecular weight is 272 g/mol. The van der Waals surface area contributed by atoms with Crippen LogP contribution < -0.4 is 5.32 Å². The maximum Gasteiger partial charge on any atom is 0.252 e. The zero-order valence-electron chi connectivity index (χ0n) is 10.6. The highest BCUT2D eigenvalue weighted by atomic mass is 35.5. The number of aliphatic hydroxyl groups is 1. The Kier molecular flexibility index (Phi) is 6.12. The van der Waals surface area contributed by atoms with Crippen LogP contribution in [0.2, 0.25) is 5.02 Å². The molecule has 1 amide bonds. The number of halogens is 1. The molecule has 18 heavy (non-hydrogen) atoms. The minimum absolute atomic E-state index is 0.232. The topological polar surface area (TPSA) is 58.6 Å². The van der Waals surface area contributed by atoms with Crippen molar-refractivity contribution in [3.8, 4) is 0 Å². The molecule has 1 aromatic carbocycles. The Morgan fingerprint density at radius 3 is 2.89 bits per heavy atom. The van der Waals surface area contributed by atoms with E-state index >= 15 is 0 Å². The third-order valence-electron chi connectivity index (χ3n) is 2.49. The second-order valence-electron chi connectivity index (χ2n) is 4.14. The van der Waals surface area contributed by atoms with E-state index in [1.165, 1.54) is 7.11 Å². The number of nitrogens with one attached hydrogen (secondary N) is 1. The van der Waals surface area contributed by atoms with Crippen LogP contribution in [0, 0.1) is 6.92 Å². The highest BCUT2D eigenvalue weighted by molar-refractivity contribution is 6.33. The number of hydrogen-bond donors (Lipinski definition) is 2. The Morgan fingerprint density at radius 2 is 2.28 bits per heavy atom. The molecule has 0 saturated heterocycles. The molecule has 5 heteroatoms. The minimum atomic E-state index is -0.566. The Hall–Kier alpha value is -1.10. The molecule has 0 aliphatic carbocycles. The van der Waals surface area contributed by atoms with Crippen molar-refractivity contribution in [3.05, 3.63) is 34.3 Å². The zero-order chi connectivity index (χ0) is 13.5. The first-order chi connectivity index (χ1) is 8.54. The van der Waals surface area contributed by atoms with Gasteiger partial charge in [-0.25, -0.2) is 0 Å². The van der Waals surface area contributed by atoms with Crippen LogP contribution >= 0.6 is 11.6 Å². The molecule has 0 spiro atoms. The molecular weight excluding hydrogens is 254 g/mol. The molecule has 1 aromatic rings. The second-order valence-corrected chi connectivity index (χ2v) is 4.54. The smallest absolute Gasteiger partial charge is 0.252 e. The van der Waals surface area contributed by atoms with Gasteiger partial charge in [-0.1, -0.05) is 17.7 Å². The van der Waals surface area contributed by atoms with Crippen LogP contribution in [0.5, 0.6) is 0 Å². The van der Waals surface area contributed by atoms with Crippen LogP contribution in [0.25, 0.3) is 0 Å². The molecule has 0 bridgehead atoms. The summed E-state index contributed by atoms with van der Waals surface area (Å²) >= 11 is 5.99. The van der Waals surface area contributed by atoms with Gasteiger partial charge in [0.1, 0.15) is 0 Å². The summed E-state index contributed by atoms with van der Waals surface area (Å²) < 4.78 is 4.79. The lowest BCUT2D eigenvalue weighted by molar-refractivity contribution is 0.0587. The zero-order valence-corrected chi connectivity index (χ0v) is 11.3. The lowest BCUT2D eigenvalue weighted by Crippen LogP contribution is -2.28. The molecule has 1 rings (SSSR count). The molecular formula is C13H18ClNO3. The quantitative estimate of drug-likeness (QED) is 0.829. The SMILES string of the molecule is COCC(O)CCNC(=O)c1ccc(C)cc1Cl. The standard InChI is InChI=1S/C13H18ClNO3/c1-9-3-4-11(12(14)7-9)13(17)15-6-5-10(16)8-18-2/h3-4,7,10,16H,5-6,8H2,1-2H3,(H,15,17). The molecule has 0 aromatic heterocycles. The number of methoxy groups -OCH3 is 1. The van der Waals surface area contributed by atoms with Crippen molar-refractivity contribution in [2.45, 2.75) is 19.4 Å². The van der Waals surface area contributed by atoms with Crippen molar-refractivity contribution >= 4 is 17.5 Å². The number of amides is 1. The predicted molar refractivity (Wildman–Crippen MR) is 71.0 cm³/mol. The summed E-state index contributed by atoms with van der Waals surface area (Å²) in [5.41, 5.74) is 1.45. The highest BCUT2D eigenvalue weighted by Crippen LogP contribution is 2.17. The molecule has 0 fully saturated rings. The van der Waals surface area contributed by atoms with Crippen LogP contribution in [0.3, 0.4) is 0 Å². The van der Waals surface area contributed by atoms with Crippen molar-refractivity contribution in [2.24, 2.45) is 0 Å². The normalized spacial score (nSPS) is 12.2. The van der Waals surface area contributed by atoms with Crippen molar-refractivity contribution in [3.63, 3.8) is 0 Å². The Balaban J connectivity index is 2.45. The number of carbonyl (C=O) groups is 1. The van der Waals surface area contributed by atoms with E-state index < -0.39 is 6.10 Å². The van der Waals surface area contributed by atoms with Gasteiger partial charge in [0.15, 0.2) is 0 Å². The molecule has 4 nitrogen and oxygen atoms in total. The third-order valence-corrected chi connectivity index (χ3v) is 2.80. The van der Waals surface area contributed by atoms with Gasteiger partial charge in [-0.3, -0.25) is 4.79 Å². The van der Waals surface area contributed by atoms with Crippen molar-refractivity contribution < 1.29 is 14.6 Å². The largest absolute Gasteiger partial charge is 0.391 e. The van der Waals surface area contributed by atoms with E-state index in [0.717, 1.165) is 5.56 Å². The van der Waals surface area contributed by atoms with Gasteiger partial charge in [0.05, 0.1) is 23.3 Å².